The molecule has 0 fully saturated rings. The standard InChI is InChI=1S/C18H22F3NO3/c1-5-15(6-2)25-16-9-7-14(8-10-16)11-24-17(23)13(3)22(4)12-18(19,20)21/h1,7-10,13,15H,6,11-12H2,2-4H3. The van der Waals surface area contributed by atoms with Crippen LogP contribution in [0.4, 0.5) is 13.2 Å². The molecule has 0 radical (unpaired) electrons. The lowest BCUT2D eigenvalue weighted by atomic mass is 10.2. The molecule has 138 valence electrons. The van der Waals surface area contributed by atoms with E-state index in [2.05, 4.69) is 5.92 Å². The highest BCUT2D eigenvalue weighted by molar-refractivity contribution is 5.75. The molecule has 0 amide bonds. The second kappa shape index (κ2) is 9.33. The largest absolute Gasteiger partial charge is 0.478 e. The maximum atomic E-state index is 12.3. The Kier molecular flexibility index (Phi) is 7.78. The van der Waals surface area contributed by atoms with Crippen molar-refractivity contribution in [3.63, 3.8) is 0 Å². The molecular formula is C18H22F3NO3. The number of halogens is 3. The van der Waals surface area contributed by atoms with Gasteiger partial charge in [0, 0.05) is 0 Å². The molecule has 2 atom stereocenters. The zero-order valence-electron chi connectivity index (χ0n) is 14.5. The molecule has 0 aliphatic rings. The minimum absolute atomic E-state index is 0.0321. The first kappa shape index (κ1) is 20.8. The van der Waals surface area contributed by atoms with Crippen LogP contribution in [0.3, 0.4) is 0 Å². The molecule has 1 aromatic carbocycles. The summed E-state index contributed by atoms with van der Waals surface area (Å²) in [5.74, 6) is 2.40. The zero-order chi connectivity index (χ0) is 19.0. The van der Waals surface area contributed by atoms with Crippen LogP contribution in [0.5, 0.6) is 5.75 Å². The smallest absolute Gasteiger partial charge is 0.401 e. The molecule has 0 aromatic heterocycles. The van der Waals surface area contributed by atoms with Crippen LogP contribution in [-0.4, -0.2) is 42.8 Å². The van der Waals surface area contributed by atoms with Gasteiger partial charge >= 0.3 is 12.1 Å². The first-order chi connectivity index (χ1) is 11.7. The molecule has 0 spiro atoms. The minimum Gasteiger partial charge on any atom is -0.478 e. The number of ether oxygens (including phenoxy) is 2. The predicted octanol–water partition coefficient (Wildman–Crippen LogP) is 3.40. The highest BCUT2D eigenvalue weighted by Crippen LogP contribution is 2.18. The lowest BCUT2D eigenvalue weighted by Gasteiger charge is -2.24. The summed E-state index contributed by atoms with van der Waals surface area (Å²) in [6.07, 6.45) is 1.33. The monoisotopic (exact) mass is 357 g/mol. The van der Waals surface area contributed by atoms with Crippen molar-refractivity contribution in [1.29, 1.82) is 0 Å². The molecule has 0 aliphatic carbocycles. The second-order valence-electron chi connectivity index (χ2n) is 5.64. The number of esters is 1. The minimum atomic E-state index is -4.37. The van der Waals surface area contributed by atoms with Crippen LogP contribution < -0.4 is 4.74 Å². The van der Waals surface area contributed by atoms with Crippen molar-refractivity contribution in [2.24, 2.45) is 0 Å². The summed E-state index contributed by atoms with van der Waals surface area (Å²) in [5.41, 5.74) is 0.695. The quantitative estimate of drug-likeness (QED) is 0.528. The maximum Gasteiger partial charge on any atom is 0.401 e. The Labute approximate surface area is 145 Å². The number of alkyl halides is 3. The number of hydrogen-bond donors (Lipinski definition) is 0. The van der Waals surface area contributed by atoms with Gasteiger partial charge < -0.3 is 9.47 Å². The van der Waals surface area contributed by atoms with Crippen molar-refractivity contribution in [2.45, 2.75) is 45.2 Å². The molecule has 4 nitrogen and oxygen atoms in total. The molecule has 0 saturated carbocycles. The van der Waals surface area contributed by atoms with E-state index in [1.54, 1.807) is 24.3 Å². The van der Waals surface area contributed by atoms with Crippen LogP contribution in [0, 0.1) is 12.3 Å². The summed E-state index contributed by atoms with van der Waals surface area (Å²) in [4.78, 5) is 12.7. The van der Waals surface area contributed by atoms with Gasteiger partial charge in [-0.3, -0.25) is 9.69 Å². The van der Waals surface area contributed by atoms with Gasteiger partial charge in [0.2, 0.25) is 0 Å². The Morgan fingerprint density at radius 1 is 1.32 bits per heavy atom. The van der Waals surface area contributed by atoms with E-state index in [1.807, 2.05) is 6.92 Å². The molecule has 1 aromatic rings. The van der Waals surface area contributed by atoms with E-state index >= 15 is 0 Å². The van der Waals surface area contributed by atoms with Crippen molar-refractivity contribution in [2.75, 3.05) is 13.6 Å². The Balaban J connectivity index is 2.52. The molecule has 0 saturated heterocycles. The van der Waals surface area contributed by atoms with Crippen LogP contribution in [-0.2, 0) is 16.1 Å². The van der Waals surface area contributed by atoms with Crippen molar-refractivity contribution < 1.29 is 27.4 Å². The molecule has 0 aliphatic heterocycles. The van der Waals surface area contributed by atoms with Crippen molar-refractivity contribution >= 4 is 5.97 Å². The van der Waals surface area contributed by atoms with E-state index in [0.717, 1.165) is 4.90 Å². The molecule has 25 heavy (non-hydrogen) atoms. The lowest BCUT2D eigenvalue weighted by Crippen LogP contribution is -2.42. The number of rotatable bonds is 8. The molecule has 1 rings (SSSR count). The van der Waals surface area contributed by atoms with Crippen molar-refractivity contribution in [3.8, 4) is 18.1 Å². The molecule has 7 heteroatoms. The Morgan fingerprint density at radius 2 is 1.92 bits per heavy atom. The SMILES string of the molecule is C#CC(CC)Oc1ccc(COC(=O)C(C)N(C)CC(F)(F)F)cc1. The van der Waals surface area contributed by atoms with Crippen molar-refractivity contribution in [1.82, 2.24) is 4.90 Å². The number of terminal acetylenes is 1. The summed E-state index contributed by atoms with van der Waals surface area (Å²) < 4.78 is 47.6. The number of likely N-dealkylation sites (N-methyl/N-ethyl adjacent to an activating group) is 1. The fourth-order valence-corrected chi connectivity index (χ4v) is 1.94. The number of benzene rings is 1. The fourth-order valence-electron chi connectivity index (χ4n) is 1.94. The average Bonchev–Trinajstić information content (AvgIpc) is 2.56. The first-order valence-corrected chi connectivity index (χ1v) is 7.81. The van der Waals surface area contributed by atoms with Crippen molar-refractivity contribution in [3.05, 3.63) is 29.8 Å². The van der Waals surface area contributed by atoms with Gasteiger partial charge in [-0.15, -0.1) is 6.42 Å². The molecule has 2 unspecified atom stereocenters. The number of carbonyl (C=O) groups is 1. The zero-order valence-corrected chi connectivity index (χ0v) is 14.5. The van der Waals surface area contributed by atoms with E-state index in [4.69, 9.17) is 15.9 Å². The summed E-state index contributed by atoms with van der Waals surface area (Å²) in [6, 6.07) is 5.81. The normalized spacial score (nSPS) is 13.8. The first-order valence-electron chi connectivity index (χ1n) is 7.81. The highest BCUT2D eigenvalue weighted by atomic mass is 19.4. The van der Waals surface area contributed by atoms with Crippen LogP contribution in [0.25, 0.3) is 0 Å². The molecular weight excluding hydrogens is 335 g/mol. The van der Waals surface area contributed by atoms with Crippen LogP contribution in [0.15, 0.2) is 24.3 Å². The molecule has 0 N–H and O–H groups in total. The van der Waals surface area contributed by atoms with E-state index in [9.17, 15) is 18.0 Å². The second-order valence-corrected chi connectivity index (χ2v) is 5.64. The molecule has 0 bridgehead atoms. The van der Waals surface area contributed by atoms with E-state index in [1.165, 1.54) is 14.0 Å². The molecule has 0 heterocycles. The average molecular weight is 357 g/mol. The van der Waals surface area contributed by atoms with E-state index in [-0.39, 0.29) is 12.7 Å². The van der Waals surface area contributed by atoms with Gasteiger partial charge in [-0.25, -0.2) is 0 Å². The Hall–Kier alpha value is -2.20. The number of carbonyl (C=O) groups excluding carboxylic acids is 1. The summed E-state index contributed by atoms with van der Waals surface area (Å²) in [5, 5.41) is 0. The summed E-state index contributed by atoms with van der Waals surface area (Å²) >= 11 is 0. The van der Waals surface area contributed by atoms with E-state index in [0.29, 0.717) is 17.7 Å². The Morgan fingerprint density at radius 3 is 2.40 bits per heavy atom. The van der Waals surface area contributed by atoms with Gasteiger partial charge in [0.1, 0.15) is 18.4 Å². The third kappa shape index (κ3) is 7.48. The lowest BCUT2D eigenvalue weighted by molar-refractivity contribution is -0.162. The Bertz CT molecular complexity index is 593. The van der Waals surface area contributed by atoms with Crippen LogP contribution in [0.1, 0.15) is 25.8 Å². The fraction of sp³-hybridized carbons (Fsp3) is 0.500. The number of hydrogen-bond acceptors (Lipinski definition) is 4. The topological polar surface area (TPSA) is 38.8 Å². The van der Waals surface area contributed by atoms with Gasteiger partial charge in [0.15, 0.2) is 6.10 Å². The van der Waals surface area contributed by atoms with Gasteiger partial charge in [0.25, 0.3) is 0 Å². The van der Waals surface area contributed by atoms with Gasteiger partial charge in [-0.2, -0.15) is 13.2 Å². The van der Waals surface area contributed by atoms with Gasteiger partial charge in [-0.1, -0.05) is 25.0 Å². The third-order valence-corrected chi connectivity index (χ3v) is 3.57. The number of nitrogens with zero attached hydrogens (tertiary/aromatic N) is 1. The highest BCUT2D eigenvalue weighted by Gasteiger charge is 2.33. The van der Waals surface area contributed by atoms with Crippen LogP contribution >= 0.6 is 0 Å². The van der Waals surface area contributed by atoms with E-state index < -0.39 is 24.7 Å². The van der Waals surface area contributed by atoms with Crippen LogP contribution in [0.2, 0.25) is 0 Å². The predicted molar refractivity (Wildman–Crippen MR) is 87.9 cm³/mol. The van der Waals surface area contributed by atoms with Gasteiger partial charge in [0.05, 0.1) is 6.54 Å². The third-order valence-electron chi connectivity index (χ3n) is 3.57. The summed E-state index contributed by atoms with van der Waals surface area (Å²) in [6.45, 7) is 2.07. The summed E-state index contributed by atoms with van der Waals surface area (Å²) in [7, 11) is 1.22. The van der Waals surface area contributed by atoms with Gasteiger partial charge in [-0.05, 0) is 38.1 Å². The maximum absolute atomic E-state index is 12.3.